The Hall–Kier alpha value is -6.09. The Balaban J connectivity index is 1.38. The van der Waals surface area contributed by atoms with E-state index < -0.39 is 82.5 Å². The van der Waals surface area contributed by atoms with Crippen LogP contribution in [0.25, 0.3) is 22.3 Å². The molecule has 0 aliphatic heterocycles. The number of aryl methyl sites for hydroxylation is 1. The van der Waals surface area contributed by atoms with Crippen LogP contribution >= 0.6 is 15.9 Å². The monoisotopic (exact) mass is 712 g/mol. The molecule has 2 aromatic carbocycles. The van der Waals surface area contributed by atoms with Gasteiger partial charge in [-0.25, -0.2) is 5.43 Å². The molecule has 1 heterocycles. The highest BCUT2D eigenvalue weighted by Crippen LogP contribution is 2.54. The summed E-state index contributed by atoms with van der Waals surface area (Å²) >= 11 is 3.27. The molecule has 4 aliphatic carbocycles. The van der Waals surface area contributed by atoms with Crippen LogP contribution in [0.4, 0.5) is 5.69 Å². The third-order valence-corrected chi connectivity index (χ3v) is 9.40. The van der Waals surface area contributed by atoms with Gasteiger partial charge < -0.3 is 30.8 Å². The van der Waals surface area contributed by atoms with Gasteiger partial charge in [-0.1, -0.05) is 22.0 Å². The number of anilines is 1. The zero-order valence-electron chi connectivity index (χ0n) is 24.6. The van der Waals surface area contributed by atoms with Crippen LogP contribution in [0.5, 0.6) is 11.5 Å². The Kier molecular flexibility index (Phi) is 6.66. The minimum absolute atomic E-state index is 0.108. The van der Waals surface area contributed by atoms with Crippen molar-refractivity contribution in [1.29, 1.82) is 0 Å². The predicted octanol–water partition coefficient (Wildman–Crippen LogP) is -0.378. The van der Waals surface area contributed by atoms with Gasteiger partial charge in [0.05, 0.1) is 50.8 Å². The summed E-state index contributed by atoms with van der Waals surface area (Å²) in [6.45, 7) is 0. The molecule has 7 rings (SSSR count). The molecule has 0 fully saturated rings. The number of fused-ring (bicyclic) bond motifs is 4. The van der Waals surface area contributed by atoms with Crippen molar-refractivity contribution < 1.29 is 24.9 Å². The second-order valence-corrected chi connectivity index (χ2v) is 12.3. The van der Waals surface area contributed by atoms with Gasteiger partial charge >= 0.3 is 0 Å². The third kappa shape index (κ3) is 4.00. The molecule has 1 atom stereocenters. The number of rotatable bonds is 4. The third-order valence-electron chi connectivity index (χ3n) is 8.90. The second kappa shape index (κ2) is 10.5. The summed E-state index contributed by atoms with van der Waals surface area (Å²) in [7, 11) is 1.11. The lowest BCUT2D eigenvalue weighted by Crippen LogP contribution is -2.51. The van der Waals surface area contributed by atoms with Crippen molar-refractivity contribution in [3.63, 3.8) is 0 Å². The second-order valence-electron chi connectivity index (χ2n) is 11.4. The minimum atomic E-state index is -2.02. The van der Waals surface area contributed by atoms with Crippen LogP contribution in [0, 0.1) is 10.4 Å². The average molecular weight is 713 g/mol. The number of carbonyl (C=O) groups excluding carboxylic acids is 1. The predicted molar refractivity (Wildman–Crippen MR) is 177 cm³/mol. The standard InChI is InChI=1S/C33H21BrN4O10/c1-48-18-9-17(39)20-21(25(18)40)27(42)23-22(26(20)41)29(44)33(30(23)45)5-4-11-6-12-7-14(37-32(47)19(12)28(43)24(11)33)10-36-38-31(46)15-8-13(34)2-3-16(15)35/h2-3,6-10,43-45H,4-5,35H2,1H3,(H,37,47)(H,38,46)/t33-/m0/s1. The van der Waals surface area contributed by atoms with Crippen LogP contribution in [0.2, 0.25) is 0 Å². The smallest absolute Gasteiger partial charge is 0.273 e. The van der Waals surface area contributed by atoms with E-state index in [0.29, 0.717) is 10.0 Å². The maximum absolute atomic E-state index is 13.6. The number of aromatic amines is 1. The van der Waals surface area contributed by atoms with E-state index in [1.54, 1.807) is 18.2 Å². The Labute approximate surface area is 273 Å². The number of methoxy groups -OCH3 is 1. The van der Waals surface area contributed by atoms with Crippen LogP contribution in [-0.2, 0) is 11.8 Å². The molecule has 0 radical (unpaired) electrons. The highest BCUT2D eigenvalue weighted by molar-refractivity contribution is 9.10. The number of aliphatic hydroxyl groups excluding tert-OH is 2. The maximum Gasteiger partial charge on any atom is 0.273 e. The lowest BCUT2D eigenvalue weighted by atomic mass is 9.78. The average Bonchev–Trinajstić information content (AvgIpc) is 3.53. The van der Waals surface area contributed by atoms with Crippen molar-refractivity contribution >= 4 is 56.0 Å². The number of H-pyrrole nitrogens is 1. The minimum Gasteiger partial charge on any atom is -0.510 e. The van der Waals surface area contributed by atoms with E-state index in [0.717, 1.165) is 13.2 Å². The number of carbonyl (C=O) groups is 1. The number of hydrazone groups is 1. The van der Waals surface area contributed by atoms with E-state index in [1.165, 1.54) is 18.3 Å². The molecule has 1 aromatic heterocycles. The number of amides is 1. The van der Waals surface area contributed by atoms with E-state index in [4.69, 9.17) is 10.5 Å². The molecule has 3 aromatic rings. The molecule has 15 heteroatoms. The number of aliphatic hydroxyl groups is 2. The van der Waals surface area contributed by atoms with Crippen LogP contribution in [0.3, 0.4) is 0 Å². The summed E-state index contributed by atoms with van der Waals surface area (Å²) in [5, 5.41) is 35.7. The highest BCUT2D eigenvalue weighted by atomic mass is 79.9. The lowest BCUT2D eigenvalue weighted by molar-refractivity contribution is 0.0956. The number of aromatic hydroxyl groups is 1. The zero-order chi connectivity index (χ0) is 34.4. The van der Waals surface area contributed by atoms with E-state index in [1.807, 2.05) is 0 Å². The highest BCUT2D eigenvalue weighted by Gasteiger charge is 2.53. The van der Waals surface area contributed by atoms with Gasteiger partial charge in [0.25, 0.3) is 11.5 Å². The molecule has 1 amide bonds. The number of nitrogens with zero attached hydrogens (tertiary/aromatic N) is 1. The van der Waals surface area contributed by atoms with E-state index >= 15 is 0 Å². The number of hydrogen-bond acceptors (Lipinski definition) is 12. The summed E-state index contributed by atoms with van der Waals surface area (Å²) in [4.78, 5) is 81.4. The van der Waals surface area contributed by atoms with Crippen LogP contribution in [0.15, 0.2) is 69.9 Å². The van der Waals surface area contributed by atoms with Crippen molar-refractivity contribution in [1.82, 2.24) is 10.4 Å². The largest absolute Gasteiger partial charge is 0.510 e. The molecule has 7 N–H and O–H groups in total. The van der Waals surface area contributed by atoms with Crippen LogP contribution in [-0.4, -0.2) is 39.5 Å². The first-order valence-corrected chi connectivity index (χ1v) is 15.0. The fourth-order valence-corrected chi connectivity index (χ4v) is 7.14. The Bertz CT molecular complexity index is 2840. The Morgan fingerprint density at radius 1 is 0.979 bits per heavy atom. The molecule has 0 saturated heterocycles. The van der Waals surface area contributed by atoms with Crippen LogP contribution in [0.1, 0.15) is 33.6 Å². The van der Waals surface area contributed by atoms with Gasteiger partial charge in [0.2, 0.25) is 16.3 Å². The van der Waals surface area contributed by atoms with E-state index in [-0.39, 0.29) is 46.1 Å². The van der Waals surface area contributed by atoms with Gasteiger partial charge in [-0.15, -0.1) is 0 Å². The quantitative estimate of drug-likeness (QED) is 0.0798. The molecule has 0 bridgehead atoms. The first kappa shape index (κ1) is 30.6. The first-order valence-electron chi connectivity index (χ1n) is 14.2. The number of nitrogen functional groups attached to an aromatic ring is 1. The number of nitrogens with one attached hydrogen (secondary N) is 2. The van der Waals surface area contributed by atoms with Gasteiger partial charge in [0.15, 0.2) is 11.2 Å². The summed E-state index contributed by atoms with van der Waals surface area (Å²) in [6.07, 6.45) is 1.14. The number of phenols is 1. The normalized spacial score (nSPS) is 16.7. The zero-order valence-corrected chi connectivity index (χ0v) is 26.1. The van der Waals surface area contributed by atoms with Crippen molar-refractivity contribution in [3.05, 3.63) is 135 Å². The summed E-state index contributed by atoms with van der Waals surface area (Å²) in [6, 6.07) is 8.50. The van der Waals surface area contributed by atoms with E-state index in [2.05, 4.69) is 31.4 Å². The number of benzene rings is 2. The molecule has 0 unspecified atom stereocenters. The molecule has 48 heavy (non-hydrogen) atoms. The number of aromatic nitrogens is 1. The molecular formula is C33H21BrN4O10. The number of phenolic OH excluding ortho intramolecular Hbond substituents is 1. The molecule has 0 saturated carbocycles. The molecule has 240 valence electrons. The Morgan fingerprint density at radius 3 is 2.35 bits per heavy atom. The lowest BCUT2D eigenvalue weighted by Gasteiger charge is -2.27. The van der Waals surface area contributed by atoms with E-state index in [9.17, 15) is 44.1 Å². The van der Waals surface area contributed by atoms with Gasteiger partial charge in [0, 0.05) is 21.8 Å². The van der Waals surface area contributed by atoms with Gasteiger partial charge in [-0.3, -0.25) is 28.8 Å². The molecular weight excluding hydrogens is 692 g/mol. The number of pyridine rings is 1. The molecule has 1 spiro atoms. The first-order chi connectivity index (χ1) is 22.8. The SMILES string of the molecule is COc1cc(=O)c2c(=O)c3c(c(=O)c=2c1=O)=C(O)[C@]1(CCc2cc4cc(C=NNC(=O)c5cc(Br)ccc5N)[nH]c(=O)c4c(O)c21)C=3O. The van der Waals surface area contributed by atoms with Crippen molar-refractivity contribution in [2.45, 2.75) is 18.3 Å². The Morgan fingerprint density at radius 2 is 1.67 bits per heavy atom. The van der Waals surface area contributed by atoms with Gasteiger partial charge in [-0.05, 0) is 48.1 Å². The van der Waals surface area contributed by atoms with Gasteiger partial charge in [0.1, 0.15) is 22.7 Å². The van der Waals surface area contributed by atoms with Crippen molar-refractivity contribution in [2.24, 2.45) is 5.10 Å². The maximum atomic E-state index is 13.6. The van der Waals surface area contributed by atoms with Crippen LogP contribution < -0.4 is 53.6 Å². The molecule has 4 aliphatic rings. The molecule has 14 nitrogen and oxygen atoms in total. The van der Waals surface area contributed by atoms with Gasteiger partial charge in [-0.2, -0.15) is 5.10 Å². The van der Waals surface area contributed by atoms with Crippen molar-refractivity contribution in [3.8, 4) is 11.5 Å². The summed E-state index contributed by atoms with van der Waals surface area (Å²) in [5.74, 6) is -3.30. The number of nitrogens with two attached hydrogens (primary N) is 1. The number of ether oxygens (including phenoxy) is 1. The number of halogens is 1. The fraction of sp³-hybridized carbons (Fsp3) is 0.121. The summed E-state index contributed by atoms with van der Waals surface area (Å²) < 4.78 is 5.52. The van der Waals surface area contributed by atoms with Crippen molar-refractivity contribution in [2.75, 3.05) is 12.8 Å². The fourth-order valence-electron chi connectivity index (χ4n) is 6.78. The summed E-state index contributed by atoms with van der Waals surface area (Å²) in [5.41, 5.74) is 1.84. The topological polar surface area (TPSA) is 239 Å². The number of hydrogen-bond donors (Lipinski definition) is 6.